The lowest BCUT2D eigenvalue weighted by atomic mass is 10.2. The second kappa shape index (κ2) is 3.90. The Hall–Kier alpha value is -1.31. The molecule has 0 aliphatic rings. The van der Waals surface area contributed by atoms with E-state index in [-0.39, 0.29) is 0 Å². The molecule has 1 rings (SSSR count). The van der Waals surface area contributed by atoms with Crippen LogP contribution in [0, 0.1) is 0 Å². The largest absolute Gasteiger partial charge is 0.478 e. The third-order valence-corrected chi connectivity index (χ3v) is 1.52. The summed E-state index contributed by atoms with van der Waals surface area (Å²) in [6.07, 6.45) is 1.77. The minimum atomic E-state index is 0.652. The topological polar surface area (TPSA) is 22.1 Å². The summed E-state index contributed by atoms with van der Waals surface area (Å²) < 4.78 is 5.20. The molecule has 0 bridgehead atoms. The number of hydrogen-bond acceptors (Lipinski definition) is 2. The van der Waals surface area contributed by atoms with Gasteiger partial charge in [-0.1, -0.05) is 6.58 Å². The number of ether oxygens (including phenoxy) is 1. The van der Waals surface area contributed by atoms with E-state index in [1.165, 1.54) is 0 Å². The molecule has 1 aromatic heterocycles. The van der Waals surface area contributed by atoms with Crippen molar-refractivity contribution in [3.8, 4) is 5.88 Å². The smallest absolute Gasteiger partial charge is 0.213 e. The van der Waals surface area contributed by atoms with Crippen LogP contribution in [0.25, 0.3) is 5.57 Å². The predicted octanol–water partition coefficient (Wildman–Crippen LogP) is 2.51. The lowest BCUT2D eigenvalue weighted by Crippen LogP contribution is -1.93. The van der Waals surface area contributed by atoms with Crippen LogP contribution >= 0.6 is 0 Å². The standard InChI is InChI=1S/C10H13NO/c1-4-12-10-6-5-9(7-11-10)8(2)3/h5-7H,2,4H2,1,3H3. The third-order valence-electron chi connectivity index (χ3n) is 1.52. The van der Waals surface area contributed by atoms with E-state index in [0.717, 1.165) is 11.1 Å². The molecule has 0 saturated carbocycles. The molecule has 2 heteroatoms. The first-order valence-corrected chi connectivity index (χ1v) is 3.98. The van der Waals surface area contributed by atoms with Gasteiger partial charge in [0, 0.05) is 12.3 Å². The fourth-order valence-corrected chi connectivity index (χ4v) is 0.866. The SMILES string of the molecule is C=C(C)c1ccc(OCC)nc1. The van der Waals surface area contributed by atoms with Crippen LogP contribution in [0.3, 0.4) is 0 Å². The molecule has 2 nitrogen and oxygen atoms in total. The average Bonchev–Trinajstić information content (AvgIpc) is 2.06. The number of aromatic nitrogens is 1. The molecule has 0 fully saturated rings. The molecule has 12 heavy (non-hydrogen) atoms. The van der Waals surface area contributed by atoms with Gasteiger partial charge >= 0.3 is 0 Å². The summed E-state index contributed by atoms with van der Waals surface area (Å²) in [7, 11) is 0. The van der Waals surface area contributed by atoms with Crippen molar-refractivity contribution in [3.05, 3.63) is 30.5 Å². The second-order valence-electron chi connectivity index (χ2n) is 2.60. The lowest BCUT2D eigenvalue weighted by Gasteiger charge is -2.02. The van der Waals surface area contributed by atoms with E-state index in [2.05, 4.69) is 11.6 Å². The van der Waals surface area contributed by atoms with Crippen molar-refractivity contribution in [2.24, 2.45) is 0 Å². The van der Waals surface area contributed by atoms with Crippen LogP contribution in [-0.4, -0.2) is 11.6 Å². The van der Waals surface area contributed by atoms with E-state index in [0.29, 0.717) is 12.5 Å². The highest BCUT2D eigenvalue weighted by atomic mass is 16.5. The maximum atomic E-state index is 5.20. The van der Waals surface area contributed by atoms with Crippen molar-refractivity contribution in [1.29, 1.82) is 0 Å². The highest BCUT2D eigenvalue weighted by Gasteiger charge is 1.95. The van der Waals surface area contributed by atoms with E-state index >= 15 is 0 Å². The molecular weight excluding hydrogens is 150 g/mol. The van der Waals surface area contributed by atoms with Gasteiger partial charge in [0.1, 0.15) is 0 Å². The zero-order valence-electron chi connectivity index (χ0n) is 7.50. The Labute approximate surface area is 72.9 Å². The Kier molecular flexibility index (Phi) is 2.86. The predicted molar refractivity (Wildman–Crippen MR) is 50.1 cm³/mol. The van der Waals surface area contributed by atoms with Gasteiger partial charge in [0.25, 0.3) is 0 Å². The Morgan fingerprint density at radius 1 is 1.58 bits per heavy atom. The van der Waals surface area contributed by atoms with E-state index in [1.807, 2.05) is 26.0 Å². The fraction of sp³-hybridized carbons (Fsp3) is 0.300. The maximum Gasteiger partial charge on any atom is 0.213 e. The van der Waals surface area contributed by atoms with Crippen molar-refractivity contribution in [2.75, 3.05) is 6.61 Å². The summed E-state index contributed by atoms with van der Waals surface area (Å²) in [6, 6.07) is 3.81. The zero-order valence-corrected chi connectivity index (χ0v) is 7.50. The number of pyridine rings is 1. The van der Waals surface area contributed by atoms with Crippen molar-refractivity contribution in [2.45, 2.75) is 13.8 Å². The third kappa shape index (κ3) is 2.09. The zero-order chi connectivity index (χ0) is 8.97. The van der Waals surface area contributed by atoms with Gasteiger partial charge in [-0.15, -0.1) is 0 Å². The van der Waals surface area contributed by atoms with Gasteiger partial charge in [0.2, 0.25) is 5.88 Å². The molecule has 0 amide bonds. The van der Waals surface area contributed by atoms with Crippen molar-refractivity contribution in [3.63, 3.8) is 0 Å². The van der Waals surface area contributed by atoms with Gasteiger partial charge < -0.3 is 4.74 Å². The summed E-state index contributed by atoms with van der Waals surface area (Å²) in [5.41, 5.74) is 2.07. The molecule has 0 saturated heterocycles. The monoisotopic (exact) mass is 163 g/mol. The molecule has 0 spiro atoms. The second-order valence-corrected chi connectivity index (χ2v) is 2.60. The first-order chi connectivity index (χ1) is 5.74. The first kappa shape index (κ1) is 8.78. The minimum absolute atomic E-state index is 0.652. The molecule has 1 aromatic rings. The summed E-state index contributed by atoms with van der Waals surface area (Å²) in [5, 5.41) is 0. The molecule has 0 radical (unpaired) electrons. The Morgan fingerprint density at radius 2 is 2.33 bits per heavy atom. The fourth-order valence-electron chi connectivity index (χ4n) is 0.866. The van der Waals surface area contributed by atoms with Crippen LogP contribution < -0.4 is 4.74 Å². The van der Waals surface area contributed by atoms with Gasteiger partial charge in [-0.05, 0) is 31.1 Å². The minimum Gasteiger partial charge on any atom is -0.478 e. The van der Waals surface area contributed by atoms with Crippen LogP contribution in [0.4, 0.5) is 0 Å². The van der Waals surface area contributed by atoms with Crippen LogP contribution in [0.2, 0.25) is 0 Å². The van der Waals surface area contributed by atoms with Gasteiger partial charge in [-0.25, -0.2) is 4.98 Å². The Morgan fingerprint density at radius 3 is 2.75 bits per heavy atom. The summed E-state index contributed by atoms with van der Waals surface area (Å²) >= 11 is 0. The summed E-state index contributed by atoms with van der Waals surface area (Å²) in [5.74, 6) is 0.669. The van der Waals surface area contributed by atoms with E-state index in [1.54, 1.807) is 6.20 Å². The van der Waals surface area contributed by atoms with Gasteiger partial charge in [-0.3, -0.25) is 0 Å². The number of nitrogens with zero attached hydrogens (tertiary/aromatic N) is 1. The Balaban J connectivity index is 2.78. The molecule has 0 aliphatic carbocycles. The number of allylic oxidation sites excluding steroid dienone is 1. The van der Waals surface area contributed by atoms with Crippen molar-refractivity contribution < 1.29 is 4.74 Å². The van der Waals surface area contributed by atoms with Crippen LogP contribution in [-0.2, 0) is 0 Å². The molecular formula is C10H13NO. The highest BCUT2D eigenvalue weighted by molar-refractivity contribution is 5.60. The molecule has 0 unspecified atom stereocenters. The molecule has 0 N–H and O–H groups in total. The normalized spacial score (nSPS) is 9.50. The molecule has 0 aliphatic heterocycles. The molecule has 0 aromatic carbocycles. The quantitative estimate of drug-likeness (QED) is 0.683. The molecule has 64 valence electrons. The summed E-state index contributed by atoms with van der Waals surface area (Å²) in [6.45, 7) is 8.37. The highest BCUT2D eigenvalue weighted by Crippen LogP contribution is 2.13. The lowest BCUT2D eigenvalue weighted by molar-refractivity contribution is 0.327. The molecule has 0 atom stereocenters. The van der Waals surface area contributed by atoms with Crippen molar-refractivity contribution >= 4 is 5.57 Å². The maximum absolute atomic E-state index is 5.20. The van der Waals surface area contributed by atoms with Crippen molar-refractivity contribution in [1.82, 2.24) is 4.98 Å². The summed E-state index contributed by atoms with van der Waals surface area (Å²) in [4.78, 5) is 4.11. The van der Waals surface area contributed by atoms with Gasteiger partial charge in [-0.2, -0.15) is 0 Å². The Bertz CT molecular complexity index is 264. The van der Waals surface area contributed by atoms with Gasteiger partial charge in [0.15, 0.2) is 0 Å². The van der Waals surface area contributed by atoms with Crippen LogP contribution in [0.1, 0.15) is 19.4 Å². The number of rotatable bonds is 3. The van der Waals surface area contributed by atoms with Gasteiger partial charge in [0.05, 0.1) is 6.61 Å². The average molecular weight is 163 g/mol. The van der Waals surface area contributed by atoms with E-state index < -0.39 is 0 Å². The number of hydrogen-bond donors (Lipinski definition) is 0. The van der Waals surface area contributed by atoms with Crippen LogP contribution in [0.15, 0.2) is 24.9 Å². The van der Waals surface area contributed by atoms with E-state index in [9.17, 15) is 0 Å². The van der Waals surface area contributed by atoms with E-state index in [4.69, 9.17) is 4.74 Å². The molecule has 1 heterocycles. The first-order valence-electron chi connectivity index (χ1n) is 3.98. The van der Waals surface area contributed by atoms with Crippen LogP contribution in [0.5, 0.6) is 5.88 Å².